The Balaban J connectivity index is 1.96. The van der Waals surface area contributed by atoms with Crippen LogP contribution < -0.4 is 16.4 Å². The Kier molecular flexibility index (Phi) is 5.64. The van der Waals surface area contributed by atoms with Crippen molar-refractivity contribution in [2.75, 3.05) is 0 Å². The van der Waals surface area contributed by atoms with Crippen molar-refractivity contribution in [2.24, 2.45) is 5.73 Å². The Morgan fingerprint density at radius 1 is 0.778 bits per heavy atom. The summed E-state index contributed by atoms with van der Waals surface area (Å²) in [5.41, 5.74) is 6.22. The molecule has 5 nitrogen and oxygen atoms in total. The van der Waals surface area contributed by atoms with Crippen LogP contribution in [0.25, 0.3) is 0 Å². The molecule has 136 valence electrons. The first kappa shape index (κ1) is 18.4. The predicted molar refractivity (Wildman–Crippen MR) is 105 cm³/mol. The lowest BCUT2D eigenvalue weighted by atomic mass is 9.97. The summed E-state index contributed by atoms with van der Waals surface area (Å²) in [6.07, 6.45) is 0. The zero-order valence-corrected chi connectivity index (χ0v) is 14.8. The van der Waals surface area contributed by atoms with Crippen LogP contribution >= 0.6 is 0 Å². The maximum atomic E-state index is 12.8. The molecule has 0 saturated heterocycles. The molecule has 3 aromatic carbocycles. The first-order chi connectivity index (χ1) is 13.1. The summed E-state index contributed by atoms with van der Waals surface area (Å²) in [5, 5.41) is 5.97. The molecule has 0 saturated carbocycles. The van der Waals surface area contributed by atoms with Gasteiger partial charge in [0.15, 0.2) is 5.66 Å². The molecule has 2 amide bonds. The summed E-state index contributed by atoms with van der Waals surface area (Å²) in [6.45, 7) is 0.355. The van der Waals surface area contributed by atoms with Crippen molar-refractivity contribution in [1.29, 1.82) is 0 Å². The summed E-state index contributed by atoms with van der Waals surface area (Å²) < 4.78 is 0. The van der Waals surface area contributed by atoms with Gasteiger partial charge in [-0.15, -0.1) is 0 Å². The van der Waals surface area contributed by atoms with Gasteiger partial charge in [0.25, 0.3) is 11.8 Å². The number of benzene rings is 3. The van der Waals surface area contributed by atoms with E-state index in [0.29, 0.717) is 17.7 Å². The molecule has 0 spiro atoms. The summed E-state index contributed by atoms with van der Waals surface area (Å²) >= 11 is 0. The standard InChI is InChI=1S/C22H21N3O2/c23-21(27)22(19-14-8-3-9-15-19,24-16-17-10-4-1-5-11-17)25-20(26)18-12-6-2-7-13-18/h1-15,24H,16H2,(H2,23,27)(H,25,26). The minimum atomic E-state index is -1.54. The zero-order chi connectivity index (χ0) is 19.1. The topological polar surface area (TPSA) is 84.2 Å². The first-order valence-electron chi connectivity index (χ1n) is 8.64. The molecule has 27 heavy (non-hydrogen) atoms. The minimum Gasteiger partial charge on any atom is -0.366 e. The zero-order valence-electron chi connectivity index (χ0n) is 14.8. The van der Waals surface area contributed by atoms with E-state index in [9.17, 15) is 9.59 Å². The van der Waals surface area contributed by atoms with Crippen molar-refractivity contribution < 1.29 is 9.59 Å². The number of hydrogen-bond donors (Lipinski definition) is 3. The number of hydrogen-bond acceptors (Lipinski definition) is 3. The number of primary amides is 1. The third kappa shape index (κ3) is 4.22. The van der Waals surface area contributed by atoms with Crippen molar-refractivity contribution in [2.45, 2.75) is 12.2 Å². The number of carbonyl (C=O) groups is 2. The van der Waals surface area contributed by atoms with Crippen LogP contribution in [0.4, 0.5) is 0 Å². The number of amides is 2. The fourth-order valence-corrected chi connectivity index (χ4v) is 2.86. The van der Waals surface area contributed by atoms with Crippen LogP contribution in [-0.4, -0.2) is 11.8 Å². The van der Waals surface area contributed by atoms with Crippen LogP contribution in [0.1, 0.15) is 21.5 Å². The average molecular weight is 359 g/mol. The maximum absolute atomic E-state index is 12.8. The number of carbonyl (C=O) groups excluding carboxylic acids is 2. The third-order valence-corrected chi connectivity index (χ3v) is 4.31. The van der Waals surface area contributed by atoms with Gasteiger partial charge in [0.1, 0.15) is 0 Å². The molecular formula is C22H21N3O2. The molecule has 4 N–H and O–H groups in total. The lowest BCUT2D eigenvalue weighted by Crippen LogP contribution is -2.63. The van der Waals surface area contributed by atoms with Gasteiger partial charge in [-0.1, -0.05) is 78.9 Å². The quantitative estimate of drug-likeness (QED) is 0.567. The second kappa shape index (κ2) is 8.29. The SMILES string of the molecule is NC(=O)C(NCc1ccccc1)(NC(=O)c1ccccc1)c1ccccc1. The first-order valence-corrected chi connectivity index (χ1v) is 8.64. The number of nitrogens with one attached hydrogen (secondary N) is 2. The van der Waals surface area contributed by atoms with Crippen LogP contribution in [0, 0.1) is 0 Å². The Hall–Kier alpha value is -3.44. The highest BCUT2D eigenvalue weighted by molar-refractivity contribution is 5.99. The highest BCUT2D eigenvalue weighted by Crippen LogP contribution is 2.20. The summed E-state index contributed by atoms with van der Waals surface area (Å²) in [4.78, 5) is 25.3. The van der Waals surface area contributed by atoms with Crippen LogP contribution in [-0.2, 0) is 17.0 Å². The molecule has 3 rings (SSSR count). The van der Waals surface area contributed by atoms with Crippen LogP contribution in [0.15, 0.2) is 91.0 Å². The normalized spacial score (nSPS) is 12.7. The summed E-state index contributed by atoms with van der Waals surface area (Å²) in [6, 6.07) is 27.3. The van der Waals surface area contributed by atoms with Crippen LogP contribution in [0.3, 0.4) is 0 Å². The fourth-order valence-electron chi connectivity index (χ4n) is 2.86. The van der Waals surface area contributed by atoms with Crippen molar-refractivity contribution >= 4 is 11.8 Å². The molecule has 0 aliphatic carbocycles. The van der Waals surface area contributed by atoms with Crippen LogP contribution in [0.2, 0.25) is 0 Å². The van der Waals surface area contributed by atoms with Gasteiger partial charge in [-0.3, -0.25) is 14.9 Å². The van der Waals surface area contributed by atoms with Gasteiger partial charge in [-0.05, 0) is 17.7 Å². The van der Waals surface area contributed by atoms with E-state index in [4.69, 9.17) is 5.73 Å². The van der Waals surface area contributed by atoms with E-state index in [1.54, 1.807) is 48.5 Å². The highest BCUT2D eigenvalue weighted by atomic mass is 16.2. The van der Waals surface area contributed by atoms with Crippen molar-refractivity contribution in [3.63, 3.8) is 0 Å². The molecule has 0 radical (unpaired) electrons. The Morgan fingerprint density at radius 2 is 1.30 bits per heavy atom. The molecule has 5 heteroatoms. The molecule has 0 bridgehead atoms. The average Bonchev–Trinajstić information content (AvgIpc) is 2.73. The summed E-state index contributed by atoms with van der Waals surface area (Å²) in [7, 11) is 0. The Labute approximate surface area is 158 Å². The second-order valence-corrected chi connectivity index (χ2v) is 6.14. The lowest BCUT2D eigenvalue weighted by molar-refractivity contribution is -0.126. The van der Waals surface area contributed by atoms with Gasteiger partial charge < -0.3 is 11.1 Å². The van der Waals surface area contributed by atoms with Gasteiger partial charge >= 0.3 is 0 Å². The smallest absolute Gasteiger partial charge is 0.263 e. The monoisotopic (exact) mass is 359 g/mol. The van der Waals surface area contributed by atoms with Gasteiger partial charge in [-0.25, -0.2) is 0 Å². The molecule has 1 atom stereocenters. The Morgan fingerprint density at radius 3 is 1.85 bits per heavy atom. The van der Waals surface area contributed by atoms with E-state index in [2.05, 4.69) is 10.6 Å². The lowest BCUT2D eigenvalue weighted by Gasteiger charge is -2.33. The van der Waals surface area contributed by atoms with E-state index >= 15 is 0 Å². The van der Waals surface area contributed by atoms with E-state index in [1.165, 1.54) is 0 Å². The highest BCUT2D eigenvalue weighted by Gasteiger charge is 2.40. The second-order valence-electron chi connectivity index (χ2n) is 6.14. The van der Waals surface area contributed by atoms with Gasteiger partial charge in [0, 0.05) is 17.7 Å². The third-order valence-electron chi connectivity index (χ3n) is 4.31. The molecular weight excluding hydrogens is 338 g/mol. The predicted octanol–water partition coefficient (Wildman–Crippen LogP) is 2.54. The van der Waals surface area contributed by atoms with Gasteiger partial charge in [-0.2, -0.15) is 0 Å². The van der Waals surface area contributed by atoms with E-state index in [0.717, 1.165) is 5.56 Å². The van der Waals surface area contributed by atoms with Crippen LogP contribution in [0.5, 0.6) is 0 Å². The Bertz CT molecular complexity index is 899. The molecule has 0 fully saturated rings. The summed E-state index contributed by atoms with van der Waals surface area (Å²) in [5.74, 6) is -1.08. The number of rotatable bonds is 7. The number of nitrogens with two attached hydrogens (primary N) is 1. The van der Waals surface area contributed by atoms with E-state index in [1.807, 2.05) is 42.5 Å². The molecule has 0 aromatic heterocycles. The van der Waals surface area contributed by atoms with Crippen molar-refractivity contribution in [3.8, 4) is 0 Å². The van der Waals surface area contributed by atoms with Gasteiger partial charge in [0.2, 0.25) is 0 Å². The van der Waals surface area contributed by atoms with Crippen molar-refractivity contribution in [1.82, 2.24) is 10.6 Å². The molecule has 0 heterocycles. The van der Waals surface area contributed by atoms with E-state index < -0.39 is 11.6 Å². The minimum absolute atomic E-state index is 0.355. The molecule has 1 unspecified atom stereocenters. The largest absolute Gasteiger partial charge is 0.366 e. The molecule has 0 aliphatic rings. The molecule has 3 aromatic rings. The molecule has 0 aliphatic heterocycles. The maximum Gasteiger partial charge on any atom is 0.263 e. The fraction of sp³-hybridized carbons (Fsp3) is 0.0909. The van der Waals surface area contributed by atoms with E-state index in [-0.39, 0.29) is 5.91 Å². The van der Waals surface area contributed by atoms with Crippen molar-refractivity contribution in [3.05, 3.63) is 108 Å². The van der Waals surface area contributed by atoms with Gasteiger partial charge in [0.05, 0.1) is 0 Å².